The van der Waals surface area contributed by atoms with Crippen LogP contribution in [0.1, 0.15) is 20.8 Å². The Labute approximate surface area is 130 Å². The molecule has 1 fully saturated rings. The van der Waals surface area contributed by atoms with E-state index in [1.807, 2.05) is 24.3 Å². The Kier molecular flexibility index (Phi) is 5.47. The molecule has 0 aromatic heterocycles. The molecule has 0 spiro atoms. The Morgan fingerprint density at radius 2 is 2.20 bits per heavy atom. The normalized spacial score (nSPS) is 20.9. The van der Waals surface area contributed by atoms with Gasteiger partial charge in [0.2, 0.25) is 0 Å². The Morgan fingerprint density at radius 1 is 1.40 bits per heavy atom. The van der Waals surface area contributed by atoms with Gasteiger partial charge in [0, 0.05) is 36.7 Å². The molecule has 1 aliphatic heterocycles. The third-order valence-corrected chi connectivity index (χ3v) is 4.27. The van der Waals surface area contributed by atoms with Crippen molar-refractivity contribution in [2.45, 2.75) is 26.8 Å². The molecule has 1 aromatic rings. The summed E-state index contributed by atoms with van der Waals surface area (Å²) in [5, 5.41) is 3.62. The summed E-state index contributed by atoms with van der Waals surface area (Å²) in [7, 11) is 0. The summed E-state index contributed by atoms with van der Waals surface area (Å²) >= 11 is 3.46. The molecular weight excluding hydrogens is 316 g/mol. The maximum absolute atomic E-state index is 5.82. The SMILES string of the molecule is CC(C)(C)C1CN(CCOc2cccc(Br)c2)CCN1. The van der Waals surface area contributed by atoms with Crippen LogP contribution in [0.5, 0.6) is 5.75 Å². The highest BCUT2D eigenvalue weighted by atomic mass is 79.9. The molecule has 0 saturated carbocycles. The Balaban J connectivity index is 1.76. The van der Waals surface area contributed by atoms with Gasteiger partial charge in [-0.05, 0) is 23.6 Å². The van der Waals surface area contributed by atoms with E-state index >= 15 is 0 Å². The summed E-state index contributed by atoms with van der Waals surface area (Å²) in [4.78, 5) is 2.49. The summed E-state index contributed by atoms with van der Waals surface area (Å²) < 4.78 is 6.88. The Bertz CT molecular complexity index is 431. The van der Waals surface area contributed by atoms with Crippen molar-refractivity contribution in [2.24, 2.45) is 5.41 Å². The molecule has 0 amide bonds. The zero-order chi connectivity index (χ0) is 14.6. The lowest BCUT2D eigenvalue weighted by atomic mass is 9.85. The number of halogens is 1. The van der Waals surface area contributed by atoms with E-state index in [0.29, 0.717) is 11.5 Å². The third kappa shape index (κ3) is 4.76. The zero-order valence-electron chi connectivity index (χ0n) is 12.7. The average molecular weight is 341 g/mol. The van der Waals surface area contributed by atoms with E-state index < -0.39 is 0 Å². The first kappa shape index (κ1) is 15.8. The highest BCUT2D eigenvalue weighted by molar-refractivity contribution is 9.10. The number of nitrogens with zero attached hydrogens (tertiary/aromatic N) is 1. The lowest BCUT2D eigenvalue weighted by Gasteiger charge is -2.40. The molecule has 0 bridgehead atoms. The number of piperazine rings is 1. The molecule has 3 nitrogen and oxygen atoms in total. The first-order valence-electron chi connectivity index (χ1n) is 7.29. The number of rotatable bonds is 4. The number of hydrogen-bond donors (Lipinski definition) is 1. The number of hydrogen-bond acceptors (Lipinski definition) is 3. The predicted octanol–water partition coefficient (Wildman–Crippen LogP) is 3.15. The van der Waals surface area contributed by atoms with E-state index in [0.717, 1.165) is 43.0 Å². The van der Waals surface area contributed by atoms with Crippen molar-refractivity contribution < 1.29 is 4.74 Å². The van der Waals surface area contributed by atoms with Gasteiger partial charge in [0.05, 0.1) is 0 Å². The van der Waals surface area contributed by atoms with Gasteiger partial charge in [-0.15, -0.1) is 0 Å². The second-order valence-corrected chi connectivity index (χ2v) is 7.39. The minimum Gasteiger partial charge on any atom is -0.492 e. The molecule has 1 N–H and O–H groups in total. The quantitative estimate of drug-likeness (QED) is 0.911. The first-order valence-corrected chi connectivity index (χ1v) is 8.08. The van der Waals surface area contributed by atoms with Gasteiger partial charge in [-0.3, -0.25) is 4.90 Å². The standard InChI is InChI=1S/C16H25BrN2O/c1-16(2,3)15-12-19(8-7-18-15)9-10-20-14-6-4-5-13(17)11-14/h4-6,11,15,18H,7-10,12H2,1-3H3. The zero-order valence-corrected chi connectivity index (χ0v) is 14.2. The summed E-state index contributed by atoms with van der Waals surface area (Å²) in [5.41, 5.74) is 0.309. The molecule has 1 atom stereocenters. The first-order chi connectivity index (χ1) is 9.45. The second kappa shape index (κ2) is 6.92. The topological polar surface area (TPSA) is 24.5 Å². The van der Waals surface area contributed by atoms with Crippen molar-refractivity contribution in [3.05, 3.63) is 28.7 Å². The number of benzene rings is 1. The van der Waals surface area contributed by atoms with Gasteiger partial charge in [-0.2, -0.15) is 0 Å². The molecule has 0 aliphatic carbocycles. The van der Waals surface area contributed by atoms with Crippen LogP contribution in [-0.4, -0.2) is 43.7 Å². The van der Waals surface area contributed by atoms with E-state index in [1.165, 1.54) is 0 Å². The van der Waals surface area contributed by atoms with Crippen LogP contribution in [-0.2, 0) is 0 Å². The predicted molar refractivity (Wildman–Crippen MR) is 87.3 cm³/mol. The van der Waals surface area contributed by atoms with Crippen molar-refractivity contribution in [1.29, 1.82) is 0 Å². The van der Waals surface area contributed by atoms with Gasteiger partial charge in [-0.25, -0.2) is 0 Å². The Hall–Kier alpha value is -0.580. The maximum Gasteiger partial charge on any atom is 0.120 e. The van der Waals surface area contributed by atoms with Gasteiger partial charge in [-0.1, -0.05) is 42.8 Å². The van der Waals surface area contributed by atoms with Crippen LogP contribution in [0.2, 0.25) is 0 Å². The monoisotopic (exact) mass is 340 g/mol. The molecule has 1 aliphatic rings. The average Bonchev–Trinajstić information content (AvgIpc) is 2.38. The number of ether oxygens (including phenoxy) is 1. The highest BCUT2D eigenvalue weighted by Crippen LogP contribution is 2.22. The second-order valence-electron chi connectivity index (χ2n) is 6.48. The molecule has 2 rings (SSSR count). The minimum atomic E-state index is 0.309. The van der Waals surface area contributed by atoms with Crippen molar-refractivity contribution >= 4 is 15.9 Å². The van der Waals surface area contributed by atoms with E-state index in [2.05, 4.69) is 46.9 Å². The number of nitrogens with one attached hydrogen (secondary N) is 1. The van der Waals surface area contributed by atoms with Crippen molar-refractivity contribution in [2.75, 3.05) is 32.8 Å². The summed E-state index contributed by atoms with van der Waals surface area (Å²) in [6.45, 7) is 11.9. The molecule has 1 heterocycles. The molecule has 1 unspecified atom stereocenters. The molecule has 1 aromatic carbocycles. The molecule has 4 heteroatoms. The van der Waals surface area contributed by atoms with Crippen LogP contribution < -0.4 is 10.1 Å². The fourth-order valence-electron chi connectivity index (χ4n) is 2.44. The third-order valence-electron chi connectivity index (χ3n) is 3.78. The summed E-state index contributed by atoms with van der Waals surface area (Å²) in [6.07, 6.45) is 0. The fraction of sp³-hybridized carbons (Fsp3) is 0.625. The fourth-order valence-corrected chi connectivity index (χ4v) is 2.82. The minimum absolute atomic E-state index is 0.309. The van der Waals surface area contributed by atoms with Gasteiger partial charge >= 0.3 is 0 Å². The maximum atomic E-state index is 5.82. The van der Waals surface area contributed by atoms with E-state index in [9.17, 15) is 0 Å². The van der Waals surface area contributed by atoms with E-state index in [4.69, 9.17) is 4.74 Å². The molecular formula is C16H25BrN2O. The highest BCUT2D eigenvalue weighted by Gasteiger charge is 2.28. The van der Waals surface area contributed by atoms with Crippen molar-refractivity contribution in [1.82, 2.24) is 10.2 Å². The molecule has 20 heavy (non-hydrogen) atoms. The van der Waals surface area contributed by atoms with Gasteiger partial charge in [0.15, 0.2) is 0 Å². The van der Waals surface area contributed by atoms with Crippen LogP contribution >= 0.6 is 15.9 Å². The largest absolute Gasteiger partial charge is 0.492 e. The van der Waals surface area contributed by atoms with Crippen LogP contribution in [0, 0.1) is 5.41 Å². The summed E-state index contributed by atoms with van der Waals surface area (Å²) in [6, 6.07) is 8.58. The van der Waals surface area contributed by atoms with Crippen LogP contribution in [0.15, 0.2) is 28.7 Å². The van der Waals surface area contributed by atoms with Gasteiger partial charge < -0.3 is 10.1 Å². The van der Waals surface area contributed by atoms with E-state index in [1.54, 1.807) is 0 Å². The van der Waals surface area contributed by atoms with Gasteiger partial charge in [0.25, 0.3) is 0 Å². The van der Waals surface area contributed by atoms with E-state index in [-0.39, 0.29) is 0 Å². The Morgan fingerprint density at radius 3 is 2.90 bits per heavy atom. The van der Waals surface area contributed by atoms with Crippen LogP contribution in [0.25, 0.3) is 0 Å². The summed E-state index contributed by atoms with van der Waals surface area (Å²) in [5.74, 6) is 0.932. The van der Waals surface area contributed by atoms with Crippen LogP contribution in [0.4, 0.5) is 0 Å². The van der Waals surface area contributed by atoms with Gasteiger partial charge in [0.1, 0.15) is 12.4 Å². The smallest absolute Gasteiger partial charge is 0.120 e. The van der Waals surface area contributed by atoms with Crippen molar-refractivity contribution in [3.8, 4) is 5.75 Å². The molecule has 0 radical (unpaired) electrons. The van der Waals surface area contributed by atoms with Crippen molar-refractivity contribution in [3.63, 3.8) is 0 Å². The van der Waals surface area contributed by atoms with Crippen LogP contribution in [0.3, 0.4) is 0 Å². The lowest BCUT2D eigenvalue weighted by Crippen LogP contribution is -2.56. The molecule has 112 valence electrons. The molecule has 1 saturated heterocycles. The lowest BCUT2D eigenvalue weighted by molar-refractivity contribution is 0.118.